The van der Waals surface area contributed by atoms with E-state index in [2.05, 4.69) is 0 Å². The molecule has 1 rings (SSSR count). The van der Waals surface area contributed by atoms with E-state index in [1.54, 1.807) is 6.92 Å². The normalized spacial score (nSPS) is 11.6. The number of nitro groups is 1. The third-order valence-electron chi connectivity index (χ3n) is 2.68. The molecule has 0 radical (unpaired) electrons. The standard InChI is InChI=1S/C11H16N2O6S/c1-3-12(6-7-14)20(17,18)11-5-4-9(13(15)16)8-10(11)19-2/h4-5,8,14H,3,6-7H2,1-2H3. The van der Waals surface area contributed by atoms with E-state index in [-0.39, 0.29) is 36.0 Å². The van der Waals surface area contributed by atoms with E-state index in [1.807, 2.05) is 0 Å². The van der Waals surface area contributed by atoms with Crippen LogP contribution >= 0.6 is 0 Å². The summed E-state index contributed by atoms with van der Waals surface area (Å²) in [5, 5.41) is 19.6. The van der Waals surface area contributed by atoms with Crippen LogP contribution in [0.2, 0.25) is 0 Å². The molecule has 1 aromatic carbocycles. The minimum absolute atomic E-state index is 0.0566. The Bertz CT molecular complexity index is 587. The number of methoxy groups -OCH3 is 1. The summed E-state index contributed by atoms with van der Waals surface area (Å²) in [6.45, 7) is 1.43. The molecule has 0 amide bonds. The molecule has 0 aliphatic rings. The second-order valence-corrected chi connectivity index (χ2v) is 5.72. The molecule has 0 fully saturated rings. The van der Waals surface area contributed by atoms with Gasteiger partial charge in [-0.3, -0.25) is 10.1 Å². The highest BCUT2D eigenvalue weighted by Crippen LogP contribution is 2.30. The number of sulfonamides is 1. The highest BCUT2D eigenvalue weighted by molar-refractivity contribution is 7.89. The number of hydrogen-bond donors (Lipinski definition) is 1. The molecular formula is C11H16N2O6S. The van der Waals surface area contributed by atoms with Crippen molar-refractivity contribution in [2.75, 3.05) is 26.8 Å². The van der Waals surface area contributed by atoms with Crippen molar-refractivity contribution in [1.29, 1.82) is 0 Å². The summed E-state index contributed by atoms with van der Waals surface area (Å²) in [6, 6.07) is 3.29. The van der Waals surface area contributed by atoms with Crippen molar-refractivity contribution in [1.82, 2.24) is 4.31 Å². The average molecular weight is 304 g/mol. The van der Waals surface area contributed by atoms with E-state index in [0.29, 0.717) is 0 Å². The van der Waals surface area contributed by atoms with Gasteiger partial charge in [-0.1, -0.05) is 6.92 Å². The lowest BCUT2D eigenvalue weighted by Crippen LogP contribution is -2.33. The van der Waals surface area contributed by atoms with Crippen LogP contribution in [0.3, 0.4) is 0 Å². The Kier molecular flexibility index (Phi) is 5.43. The van der Waals surface area contributed by atoms with E-state index in [0.717, 1.165) is 22.5 Å². The lowest BCUT2D eigenvalue weighted by molar-refractivity contribution is -0.385. The van der Waals surface area contributed by atoms with E-state index < -0.39 is 14.9 Å². The zero-order valence-corrected chi connectivity index (χ0v) is 12.0. The van der Waals surface area contributed by atoms with Crippen LogP contribution in [0, 0.1) is 10.1 Å². The molecule has 112 valence electrons. The molecule has 0 unspecified atom stereocenters. The predicted molar refractivity (Wildman–Crippen MR) is 71.2 cm³/mol. The predicted octanol–water partition coefficient (Wildman–Crippen LogP) is 0.606. The zero-order valence-electron chi connectivity index (χ0n) is 11.1. The number of aliphatic hydroxyl groups excluding tert-OH is 1. The fraction of sp³-hybridized carbons (Fsp3) is 0.455. The smallest absolute Gasteiger partial charge is 0.273 e. The van der Waals surface area contributed by atoms with Crippen molar-refractivity contribution in [3.05, 3.63) is 28.3 Å². The molecule has 8 nitrogen and oxygen atoms in total. The van der Waals surface area contributed by atoms with E-state index in [1.165, 1.54) is 7.11 Å². The molecule has 1 aromatic rings. The molecule has 0 bridgehead atoms. The molecule has 0 aliphatic carbocycles. The minimum atomic E-state index is -3.87. The molecule has 0 saturated heterocycles. The topological polar surface area (TPSA) is 110 Å². The van der Waals surface area contributed by atoms with Gasteiger partial charge in [0.05, 0.1) is 24.7 Å². The van der Waals surface area contributed by atoms with Gasteiger partial charge in [0.25, 0.3) is 5.69 Å². The number of nitrogens with zero attached hydrogens (tertiary/aromatic N) is 2. The maximum atomic E-state index is 12.4. The summed E-state index contributed by atoms with van der Waals surface area (Å²) in [5.41, 5.74) is -0.258. The first-order valence-corrected chi connectivity index (χ1v) is 7.26. The molecule has 1 N–H and O–H groups in total. The van der Waals surface area contributed by atoms with Gasteiger partial charge in [-0.2, -0.15) is 4.31 Å². The summed E-state index contributed by atoms with van der Waals surface area (Å²) < 4.78 is 30.7. The summed E-state index contributed by atoms with van der Waals surface area (Å²) >= 11 is 0. The lowest BCUT2D eigenvalue weighted by Gasteiger charge is -2.20. The molecule has 0 aromatic heterocycles. The van der Waals surface area contributed by atoms with Gasteiger partial charge >= 0.3 is 0 Å². The number of benzene rings is 1. The van der Waals surface area contributed by atoms with Crippen LogP contribution in [0.1, 0.15) is 6.92 Å². The van der Waals surface area contributed by atoms with Gasteiger partial charge in [0.1, 0.15) is 10.6 Å². The van der Waals surface area contributed by atoms with Crippen molar-refractivity contribution in [2.45, 2.75) is 11.8 Å². The van der Waals surface area contributed by atoms with Crippen molar-refractivity contribution in [2.24, 2.45) is 0 Å². The van der Waals surface area contributed by atoms with Gasteiger partial charge in [-0.25, -0.2) is 8.42 Å². The fourth-order valence-corrected chi connectivity index (χ4v) is 3.26. The van der Waals surface area contributed by atoms with Crippen molar-refractivity contribution < 1.29 is 23.2 Å². The maximum Gasteiger partial charge on any atom is 0.273 e. The van der Waals surface area contributed by atoms with Gasteiger partial charge in [0.2, 0.25) is 10.0 Å². The second kappa shape index (κ2) is 6.64. The Labute approximate surface area is 116 Å². The molecule has 0 saturated carbocycles. The number of rotatable bonds is 7. The van der Waals surface area contributed by atoms with Gasteiger partial charge in [0.15, 0.2) is 0 Å². The lowest BCUT2D eigenvalue weighted by atomic mass is 10.3. The Morgan fingerprint density at radius 3 is 2.55 bits per heavy atom. The molecular weight excluding hydrogens is 288 g/mol. The Morgan fingerprint density at radius 2 is 2.10 bits per heavy atom. The van der Waals surface area contributed by atoms with Crippen molar-refractivity contribution >= 4 is 15.7 Å². The summed E-state index contributed by atoms with van der Waals surface area (Å²) in [5.74, 6) is -0.101. The zero-order chi connectivity index (χ0) is 15.3. The number of likely N-dealkylation sites (N-methyl/N-ethyl adjacent to an activating group) is 1. The number of ether oxygens (including phenoxy) is 1. The average Bonchev–Trinajstić information content (AvgIpc) is 2.43. The first-order valence-electron chi connectivity index (χ1n) is 5.81. The fourth-order valence-electron chi connectivity index (χ4n) is 1.68. The van der Waals surface area contributed by atoms with Crippen molar-refractivity contribution in [3.8, 4) is 5.75 Å². The van der Waals surface area contributed by atoms with E-state index in [9.17, 15) is 18.5 Å². The molecule has 0 atom stereocenters. The first kappa shape index (κ1) is 16.3. The molecule has 0 heterocycles. The highest BCUT2D eigenvalue weighted by Gasteiger charge is 2.27. The van der Waals surface area contributed by atoms with Crippen LogP contribution in [0.5, 0.6) is 5.75 Å². The van der Waals surface area contributed by atoms with Crippen LogP contribution in [0.4, 0.5) is 5.69 Å². The Morgan fingerprint density at radius 1 is 1.45 bits per heavy atom. The minimum Gasteiger partial charge on any atom is -0.495 e. The SMILES string of the molecule is CCN(CCO)S(=O)(=O)c1ccc([N+](=O)[O-])cc1OC. The molecule has 20 heavy (non-hydrogen) atoms. The van der Waals surface area contributed by atoms with Crippen LogP contribution in [-0.2, 0) is 10.0 Å². The van der Waals surface area contributed by atoms with Crippen LogP contribution in [0.25, 0.3) is 0 Å². The van der Waals surface area contributed by atoms with Crippen LogP contribution in [-0.4, -0.2) is 49.6 Å². The maximum absolute atomic E-state index is 12.4. The molecule has 9 heteroatoms. The number of nitro benzene ring substituents is 1. The van der Waals surface area contributed by atoms with Gasteiger partial charge in [0, 0.05) is 19.2 Å². The Hall–Kier alpha value is -1.71. The number of hydrogen-bond acceptors (Lipinski definition) is 6. The van der Waals surface area contributed by atoms with Crippen LogP contribution in [0.15, 0.2) is 23.1 Å². The summed E-state index contributed by atoms with van der Waals surface area (Å²) in [7, 11) is -2.64. The van der Waals surface area contributed by atoms with Gasteiger partial charge in [-0.05, 0) is 6.07 Å². The van der Waals surface area contributed by atoms with Crippen molar-refractivity contribution in [3.63, 3.8) is 0 Å². The van der Waals surface area contributed by atoms with E-state index in [4.69, 9.17) is 9.84 Å². The first-order chi connectivity index (χ1) is 9.38. The number of aliphatic hydroxyl groups is 1. The number of non-ortho nitro benzene ring substituents is 1. The summed E-state index contributed by atoms with van der Waals surface area (Å²) in [6.07, 6.45) is 0. The van der Waals surface area contributed by atoms with Gasteiger partial charge in [-0.15, -0.1) is 0 Å². The van der Waals surface area contributed by atoms with Crippen LogP contribution < -0.4 is 4.74 Å². The third kappa shape index (κ3) is 3.24. The third-order valence-corrected chi connectivity index (χ3v) is 4.69. The van der Waals surface area contributed by atoms with Gasteiger partial charge < -0.3 is 9.84 Å². The molecule has 0 spiro atoms. The largest absolute Gasteiger partial charge is 0.495 e. The summed E-state index contributed by atoms with van der Waals surface area (Å²) in [4.78, 5) is 9.88. The molecule has 0 aliphatic heterocycles. The second-order valence-electron chi connectivity index (χ2n) is 3.81. The Balaban J connectivity index is 3.34. The monoisotopic (exact) mass is 304 g/mol. The highest BCUT2D eigenvalue weighted by atomic mass is 32.2. The quantitative estimate of drug-likeness (QED) is 0.583. The van der Waals surface area contributed by atoms with E-state index >= 15 is 0 Å².